The third-order valence-corrected chi connectivity index (χ3v) is 3.40. The zero-order valence-corrected chi connectivity index (χ0v) is 13.5. The van der Waals surface area contributed by atoms with Crippen LogP contribution in [-0.2, 0) is 9.16 Å². The molecule has 0 saturated heterocycles. The van der Waals surface area contributed by atoms with Crippen LogP contribution in [0.3, 0.4) is 0 Å². The van der Waals surface area contributed by atoms with Crippen LogP contribution in [0.25, 0.3) is 0 Å². The third kappa shape index (κ3) is 5.50. The van der Waals surface area contributed by atoms with Crippen LogP contribution in [0.5, 0.6) is 0 Å². The Kier molecular flexibility index (Phi) is 6.33. The summed E-state index contributed by atoms with van der Waals surface area (Å²) < 4.78 is 8.85. The number of hydrogen-bond acceptors (Lipinski definition) is 3. The first-order chi connectivity index (χ1) is 7.58. The van der Waals surface area contributed by atoms with E-state index in [0.717, 1.165) is 0 Å². The second kappa shape index (κ2) is 6.30. The minimum absolute atomic E-state index is 0.463. The molecule has 0 amide bonds. The Bertz CT molecular complexity index is 317. The molecule has 0 aromatic carbocycles. The Balaban J connectivity index is 5.27. The van der Waals surface area contributed by atoms with Crippen molar-refractivity contribution < 1.29 is 9.16 Å². The number of nitrogens with zero attached hydrogens (tertiary/aromatic N) is 1. The second-order valence-corrected chi connectivity index (χ2v) is 11.0. The van der Waals surface area contributed by atoms with Crippen LogP contribution in [-0.4, -0.2) is 24.3 Å². The Hall–Kier alpha value is 0.0769. The van der Waals surface area contributed by atoms with Gasteiger partial charge in [-0.15, -0.1) is 0 Å². The number of rotatable bonds is 5. The van der Waals surface area contributed by atoms with Crippen molar-refractivity contribution in [3.05, 3.63) is 12.3 Å². The van der Waals surface area contributed by atoms with E-state index in [1.165, 1.54) is 12.3 Å². The van der Waals surface area contributed by atoms with Gasteiger partial charge in [-0.1, -0.05) is 34.8 Å². The van der Waals surface area contributed by atoms with Gasteiger partial charge in [0.25, 0.3) is 0 Å². The van der Waals surface area contributed by atoms with Crippen molar-refractivity contribution in [2.75, 3.05) is 6.61 Å². The lowest BCUT2D eigenvalue weighted by Crippen LogP contribution is -2.49. The summed E-state index contributed by atoms with van der Waals surface area (Å²) in [6.45, 7) is 8.00. The van der Waals surface area contributed by atoms with E-state index in [1.807, 2.05) is 32.6 Å². The van der Waals surface area contributed by atoms with Crippen molar-refractivity contribution in [1.82, 2.24) is 0 Å². The summed E-state index contributed by atoms with van der Waals surface area (Å²) in [5.41, 5.74) is -1.63. The largest absolute Gasteiger partial charge is 0.502 e. The molecule has 0 rings (SSSR count). The molecule has 1 atom stereocenters. The lowest BCUT2D eigenvalue weighted by atomic mass is 10.1. The second-order valence-electron chi connectivity index (χ2n) is 4.32. The lowest BCUT2D eigenvalue weighted by Gasteiger charge is -2.35. The van der Waals surface area contributed by atoms with E-state index in [1.54, 1.807) is 0 Å². The molecule has 0 aromatic heterocycles. The smallest absolute Gasteiger partial charge is 0.235 e. The van der Waals surface area contributed by atoms with Gasteiger partial charge in [-0.3, -0.25) is 0 Å². The van der Waals surface area contributed by atoms with Gasteiger partial charge in [0.05, 0.1) is 12.9 Å². The van der Waals surface area contributed by atoms with Gasteiger partial charge in [0.2, 0.25) is 9.39 Å². The van der Waals surface area contributed by atoms with E-state index >= 15 is 0 Å². The molecule has 3 nitrogen and oxygen atoms in total. The maximum Gasteiger partial charge on any atom is 0.235 e. The molecule has 0 aliphatic heterocycles. The van der Waals surface area contributed by atoms with E-state index in [4.69, 9.17) is 44.0 Å². The summed E-state index contributed by atoms with van der Waals surface area (Å²) >= 11 is 17.5. The summed E-state index contributed by atoms with van der Waals surface area (Å²) in [6.07, 6.45) is 2.67. The highest BCUT2D eigenvalue weighted by Crippen LogP contribution is 2.43. The molecule has 0 saturated carbocycles. The molecule has 0 N–H and O–H groups in total. The molecule has 17 heavy (non-hydrogen) atoms. The van der Waals surface area contributed by atoms with Gasteiger partial charge in [-0.2, -0.15) is 5.26 Å². The van der Waals surface area contributed by atoms with Gasteiger partial charge in [-0.25, -0.2) is 0 Å². The van der Waals surface area contributed by atoms with Crippen LogP contribution >= 0.6 is 34.8 Å². The molecular weight excluding hydrogens is 301 g/mol. The Morgan fingerprint density at radius 1 is 1.29 bits per heavy atom. The fraction of sp³-hybridized carbons (Fsp3) is 0.700. The number of nitriles is 1. The van der Waals surface area contributed by atoms with Crippen LogP contribution in [0.2, 0.25) is 19.6 Å². The quantitative estimate of drug-likeness (QED) is 0.437. The first-order valence-electron chi connectivity index (χ1n) is 5.05. The Morgan fingerprint density at radius 2 is 1.82 bits per heavy atom. The molecule has 7 heteroatoms. The van der Waals surface area contributed by atoms with Crippen molar-refractivity contribution in [3.8, 4) is 6.07 Å². The summed E-state index contributed by atoms with van der Waals surface area (Å²) in [5, 5.41) is 9.26. The standard InChI is InChI=1S/C10H16Cl3NO2Si/c1-5-15-7-6-9(8-14,10(11,12)13)16-17(2,3)4/h6-7H,5H2,1-4H3/b7-6+. The van der Waals surface area contributed by atoms with E-state index in [2.05, 4.69) is 0 Å². The maximum atomic E-state index is 9.26. The fourth-order valence-electron chi connectivity index (χ4n) is 1.03. The molecule has 0 spiro atoms. The zero-order valence-electron chi connectivity index (χ0n) is 10.3. The SMILES string of the molecule is CCO/C=C/C(C#N)(O[Si](C)(C)C)C(Cl)(Cl)Cl. The van der Waals surface area contributed by atoms with E-state index in [9.17, 15) is 5.26 Å². The highest BCUT2D eigenvalue weighted by atomic mass is 35.6. The monoisotopic (exact) mass is 315 g/mol. The molecule has 0 radical (unpaired) electrons. The third-order valence-electron chi connectivity index (χ3n) is 1.62. The van der Waals surface area contributed by atoms with Gasteiger partial charge in [0.1, 0.15) is 6.07 Å². The van der Waals surface area contributed by atoms with Gasteiger partial charge in [0.15, 0.2) is 8.32 Å². The summed E-state index contributed by atoms with van der Waals surface area (Å²) in [5.74, 6) is 0. The van der Waals surface area contributed by atoms with E-state index in [-0.39, 0.29) is 0 Å². The van der Waals surface area contributed by atoms with Crippen molar-refractivity contribution in [2.45, 2.75) is 36.0 Å². The van der Waals surface area contributed by atoms with Crippen molar-refractivity contribution in [3.63, 3.8) is 0 Å². The van der Waals surface area contributed by atoms with E-state index < -0.39 is 17.7 Å². The Morgan fingerprint density at radius 3 is 2.12 bits per heavy atom. The van der Waals surface area contributed by atoms with Crippen LogP contribution in [0.1, 0.15) is 6.92 Å². The van der Waals surface area contributed by atoms with Gasteiger partial charge >= 0.3 is 0 Å². The molecule has 0 aliphatic rings. The molecule has 0 aliphatic carbocycles. The van der Waals surface area contributed by atoms with Crippen molar-refractivity contribution in [1.29, 1.82) is 5.26 Å². The van der Waals surface area contributed by atoms with Crippen LogP contribution < -0.4 is 0 Å². The molecule has 1 unspecified atom stereocenters. The highest BCUT2D eigenvalue weighted by molar-refractivity contribution is 6.72. The minimum Gasteiger partial charge on any atom is -0.502 e. The van der Waals surface area contributed by atoms with Crippen LogP contribution in [0.15, 0.2) is 12.3 Å². The summed E-state index contributed by atoms with van der Waals surface area (Å²) in [7, 11) is -2.07. The molecule has 0 fully saturated rings. The molecular formula is C10H16Cl3NO2Si. The molecule has 0 aromatic rings. The van der Waals surface area contributed by atoms with Crippen LogP contribution in [0, 0.1) is 11.3 Å². The number of halogens is 3. The predicted molar refractivity (Wildman–Crippen MR) is 73.8 cm³/mol. The minimum atomic E-state index is -2.07. The van der Waals surface area contributed by atoms with Gasteiger partial charge < -0.3 is 9.16 Å². The Labute approximate surface area is 118 Å². The average molecular weight is 317 g/mol. The van der Waals surface area contributed by atoms with Crippen molar-refractivity contribution >= 4 is 43.1 Å². The molecule has 98 valence electrons. The lowest BCUT2D eigenvalue weighted by molar-refractivity contribution is 0.167. The van der Waals surface area contributed by atoms with Gasteiger partial charge in [-0.05, 0) is 32.6 Å². The summed E-state index contributed by atoms with van der Waals surface area (Å²) in [6, 6.07) is 1.92. The fourth-order valence-corrected chi connectivity index (χ4v) is 2.89. The van der Waals surface area contributed by atoms with Crippen molar-refractivity contribution in [2.24, 2.45) is 0 Å². The maximum absolute atomic E-state index is 9.26. The predicted octanol–water partition coefficient (Wildman–Crippen LogP) is 4.02. The topological polar surface area (TPSA) is 42.2 Å². The van der Waals surface area contributed by atoms with E-state index in [0.29, 0.717) is 6.61 Å². The number of alkyl halides is 3. The first-order valence-corrected chi connectivity index (χ1v) is 9.59. The normalized spacial score (nSPS) is 16.6. The zero-order chi connectivity index (χ0) is 13.7. The average Bonchev–Trinajstić information content (AvgIpc) is 2.12. The molecule has 0 heterocycles. The molecule has 0 bridgehead atoms. The number of ether oxygens (including phenoxy) is 1. The summed E-state index contributed by atoms with van der Waals surface area (Å²) in [4.78, 5) is 0. The van der Waals surface area contributed by atoms with Gasteiger partial charge in [0, 0.05) is 0 Å². The number of hydrogen-bond donors (Lipinski definition) is 0. The highest BCUT2D eigenvalue weighted by Gasteiger charge is 2.51. The first kappa shape index (κ1) is 17.1. The van der Waals surface area contributed by atoms with Crippen LogP contribution in [0.4, 0.5) is 0 Å².